The van der Waals surface area contributed by atoms with Crippen molar-refractivity contribution in [2.75, 3.05) is 28.2 Å². The van der Waals surface area contributed by atoms with Crippen LogP contribution in [0.15, 0.2) is 61.0 Å². The summed E-state index contributed by atoms with van der Waals surface area (Å²) in [6, 6.07) is 0. The van der Waals surface area contributed by atoms with Crippen LogP contribution in [-0.4, -0.2) is 50.1 Å². The maximum atomic E-state index is 10.4. The first-order valence-corrected chi connectivity index (χ1v) is 6.53. The molecule has 21 heavy (non-hydrogen) atoms. The van der Waals surface area contributed by atoms with Gasteiger partial charge in [0.25, 0.3) is 0 Å². The lowest BCUT2D eigenvalue weighted by Crippen LogP contribution is -1.99. The van der Waals surface area contributed by atoms with Crippen LogP contribution in [0, 0.1) is 0 Å². The smallest absolute Gasteiger partial charge is 0.152 e. The molecule has 0 amide bonds. The van der Waals surface area contributed by atoms with Gasteiger partial charge in [-0.25, -0.2) is 0 Å². The third-order valence-corrected chi connectivity index (χ3v) is 1.73. The Bertz CT molecular complexity index is 415. The van der Waals surface area contributed by atoms with E-state index >= 15 is 0 Å². The molecule has 0 atom stereocenters. The molecule has 0 spiro atoms. The maximum absolute atomic E-state index is 10.4. The largest absolute Gasteiger partial charge is 0.383 e. The van der Waals surface area contributed by atoms with Crippen molar-refractivity contribution in [2.24, 2.45) is 0 Å². The summed E-state index contributed by atoms with van der Waals surface area (Å²) in [5.74, 6) is 0.0726. The summed E-state index contributed by atoms with van der Waals surface area (Å²) in [5, 5.41) is 0. The molecule has 0 radical (unpaired) electrons. The van der Waals surface area contributed by atoms with E-state index in [0.29, 0.717) is 0 Å². The zero-order valence-corrected chi connectivity index (χ0v) is 13.6. The van der Waals surface area contributed by atoms with Gasteiger partial charge in [0.05, 0.1) is 0 Å². The summed E-state index contributed by atoms with van der Waals surface area (Å²) in [6.45, 7) is 1.53. The molecule has 4 heteroatoms. The second-order valence-corrected chi connectivity index (χ2v) is 4.49. The van der Waals surface area contributed by atoms with E-state index in [9.17, 15) is 9.59 Å². The number of ketones is 1. The Morgan fingerprint density at radius 1 is 0.714 bits per heavy atom. The van der Waals surface area contributed by atoms with Crippen LogP contribution in [0.5, 0.6) is 0 Å². The highest BCUT2D eigenvalue weighted by Crippen LogP contribution is 1.81. The quantitative estimate of drug-likeness (QED) is 0.410. The SMILES string of the molecule is CC(=O)/C=C/C=C/N(C)C.CN(C)/C=C/C=C/C=C/C=O. The Hall–Kier alpha value is -2.36. The molecule has 0 aromatic heterocycles. The molecule has 0 aromatic rings. The van der Waals surface area contributed by atoms with E-state index in [1.807, 2.05) is 68.6 Å². The van der Waals surface area contributed by atoms with Gasteiger partial charge in [-0.3, -0.25) is 9.59 Å². The van der Waals surface area contributed by atoms with E-state index in [1.54, 1.807) is 18.2 Å². The van der Waals surface area contributed by atoms with Crippen molar-refractivity contribution in [3.63, 3.8) is 0 Å². The maximum Gasteiger partial charge on any atom is 0.152 e. The van der Waals surface area contributed by atoms with Crippen LogP contribution in [0.4, 0.5) is 0 Å². The van der Waals surface area contributed by atoms with Gasteiger partial charge in [-0.1, -0.05) is 24.3 Å². The summed E-state index contributed by atoms with van der Waals surface area (Å²) in [5.41, 5.74) is 0. The molecule has 0 unspecified atom stereocenters. The fourth-order valence-corrected chi connectivity index (χ4v) is 0.873. The minimum absolute atomic E-state index is 0.0726. The van der Waals surface area contributed by atoms with Crippen LogP contribution in [0.25, 0.3) is 0 Å². The van der Waals surface area contributed by atoms with Gasteiger partial charge in [0, 0.05) is 28.2 Å². The van der Waals surface area contributed by atoms with Crippen LogP contribution < -0.4 is 0 Å². The van der Waals surface area contributed by atoms with E-state index in [2.05, 4.69) is 0 Å². The topological polar surface area (TPSA) is 40.6 Å². The molecule has 0 aliphatic carbocycles. The number of aldehydes is 1. The molecule has 4 nitrogen and oxygen atoms in total. The Balaban J connectivity index is 0. The lowest BCUT2D eigenvalue weighted by atomic mass is 10.4. The standard InChI is InChI=1S/C9H13NO.C8H13NO/c1-10(2)8-6-4-3-5-7-9-11;1-8(10)6-4-5-7-9(2)3/h3-9H,1-2H3;4-7H,1-3H3/b4-3+,7-5+,8-6+;6-4+,7-5+. The van der Waals surface area contributed by atoms with Crippen molar-refractivity contribution in [3.8, 4) is 0 Å². The first-order chi connectivity index (χ1) is 9.90. The van der Waals surface area contributed by atoms with Gasteiger partial charge in [-0.15, -0.1) is 0 Å². The summed E-state index contributed by atoms with van der Waals surface area (Å²) in [6.07, 6.45) is 18.3. The average molecular weight is 290 g/mol. The van der Waals surface area contributed by atoms with Crippen LogP contribution in [0.1, 0.15) is 6.92 Å². The van der Waals surface area contributed by atoms with E-state index in [4.69, 9.17) is 0 Å². The van der Waals surface area contributed by atoms with E-state index in [1.165, 1.54) is 19.1 Å². The van der Waals surface area contributed by atoms with Gasteiger partial charge in [-0.2, -0.15) is 0 Å². The molecule has 0 aromatic carbocycles. The Morgan fingerprint density at radius 3 is 1.57 bits per heavy atom. The number of carbonyl (C=O) groups is 2. The molecule has 0 fully saturated rings. The Labute approximate surface area is 128 Å². The monoisotopic (exact) mass is 290 g/mol. The minimum Gasteiger partial charge on any atom is -0.383 e. The zero-order valence-electron chi connectivity index (χ0n) is 13.6. The molecule has 0 saturated heterocycles. The van der Waals surface area contributed by atoms with E-state index in [0.717, 1.165) is 6.29 Å². The lowest BCUT2D eigenvalue weighted by Gasteiger charge is -2.00. The molecule has 0 heterocycles. The van der Waals surface area contributed by atoms with E-state index < -0.39 is 0 Å². The number of nitrogens with zero attached hydrogens (tertiary/aromatic N) is 2. The molecule has 0 N–H and O–H groups in total. The highest BCUT2D eigenvalue weighted by Gasteiger charge is 1.77. The van der Waals surface area contributed by atoms with Gasteiger partial charge in [0.2, 0.25) is 0 Å². The Kier molecular flexibility index (Phi) is 15.7. The first kappa shape index (κ1) is 20.9. The van der Waals surface area contributed by atoms with Gasteiger partial charge >= 0.3 is 0 Å². The molecular weight excluding hydrogens is 264 g/mol. The molecule has 0 aliphatic heterocycles. The number of hydrogen-bond acceptors (Lipinski definition) is 4. The van der Waals surface area contributed by atoms with Gasteiger partial charge in [0.1, 0.15) is 6.29 Å². The fraction of sp³-hybridized carbons (Fsp3) is 0.294. The number of allylic oxidation sites excluding steroid dienone is 8. The number of rotatable bonds is 7. The molecule has 0 rings (SSSR count). The van der Waals surface area contributed by atoms with Crippen molar-refractivity contribution < 1.29 is 9.59 Å². The third kappa shape index (κ3) is 27.0. The Morgan fingerprint density at radius 2 is 1.14 bits per heavy atom. The number of hydrogen-bond donors (Lipinski definition) is 0. The fourth-order valence-electron chi connectivity index (χ4n) is 0.873. The lowest BCUT2D eigenvalue weighted by molar-refractivity contribution is -0.112. The predicted molar refractivity (Wildman–Crippen MR) is 89.8 cm³/mol. The third-order valence-electron chi connectivity index (χ3n) is 1.73. The van der Waals surface area contributed by atoms with Gasteiger partial charge in [0.15, 0.2) is 5.78 Å². The predicted octanol–water partition coefficient (Wildman–Crippen LogP) is 2.58. The van der Waals surface area contributed by atoms with Crippen molar-refractivity contribution in [3.05, 3.63) is 61.0 Å². The van der Waals surface area contributed by atoms with Gasteiger partial charge < -0.3 is 9.80 Å². The minimum atomic E-state index is 0.0726. The van der Waals surface area contributed by atoms with Crippen LogP contribution in [-0.2, 0) is 9.59 Å². The summed E-state index contributed by atoms with van der Waals surface area (Å²) < 4.78 is 0. The van der Waals surface area contributed by atoms with Crippen LogP contribution in [0.3, 0.4) is 0 Å². The molecule has 0 aliphatic rings. The van der Waals surface area contributed by atoms with Gasteiger partial charge in [-0.05, 0) is 43.6 Å². The highest BCUT2D eigenvalue weighted by atomic mass is 16.1. The van der Waals surface area contributed by atoms with Crippen molar-refractivity contribution in [1.82, 2.24) is 9.80 Å². The van der Waals surface area contributed by atoms with Crippen molar-refractivity contribution >= 4 is 12.1 Å². The highest BCUT2D eigenvalue weighted by molar-refractivity contribution is 5.87. The molecule has 0 saturated carbocycles. The normalized spacial score (nSPS) is 11.5. The molecule has 0 bridgehead atoms. The van der Waals surface area contributed by atoms with Crippen molar-refractivity contribution in [2.45, 2.75) is 6.92 Å². The molecular formula is C17H26N2O2. The van der Waals surface area contributed by atoms with Crippen LogP contribution in [0.2, 0.25) is 0 Å². The second kappa shape index (κ2) is 15.7. The average Bonchev–Trinajstić information content (AvgIpc) is 2.39. The second-order valence-electron chi connectivity index (χ2n) is 4.49. The first-order valence-electron chi connectivity index (χ1n) is 6.53. The summed E-state index contributed by atoms with van der Waals surface area (Å²) in [4.78, 5) is 24.0. The number of carbonyl (C=O) groups excluding carboxylic acids is 2. The van der Waals surface area contributed by atoms with Crippen LogP contribution >= 0.6 is 0 Å². The molecule has 116 valence electrons. The summed E-state index contributed by atoms with van der Waals surface area (Å²) in [7, 11) is 7.76. The zero-order chi connectivity index (χ0) is 16.5. The summed E-state index contributed by atoms with van der Waals surface area (Å²) >= 11 is 0. The van der Waals surface area contributed by atoms with Crippen molar-refractivity contribution in [1.29, 1.82) is 0 Å². The van der Waals surface area contributed by atoms with E-state index in [-0.39, 0.29) is 5.78 Å².